The van der Waals surface area contributed by atoms with Gasteiger partial charge < -0.3 is 9.47 Å². The summed E-state index contributed by atoms with van der Waals surface area (Å²) in [5, 5.41) is 0. The molecule has 7 heteroatoms. The number of methoxy groups -OCH3 is 1. The van der Waals surface area contributed by atoms with E-state index in [-0.39, 0.29) is 12.5 Å². The molecule has 3 N–H and O–H groups in total. The summed E-state index contributed by atoms with van der Waals surface area (Å²) in [4.78, 5) is 27.1. The zero-order chi connectivity index (χ0) is 13.3. The molecule has 0 aromatic rings. The lowest BCUT2D eigenvalue weighted by molar-refractivity contribution is -0.165. The van der Waals surface area contributed by atoms with Gasteiger partial charge in [0.1, 0.15) is 0 Å². The van der Waals surface area contributed by atoms with Gasteiger partial charge in [-0.3, -0.25) is 15.4 Å². The third-order valence-corrected chi connectivity index (χ3v) is 1.67. The first-order chi connectivity index (χ1) is 7.97. The number of nitrogens with one attached hydrogen (secondary N) is 1. The monoisotopic (exact) mass is 248 g/mol. The van der Waals surface area contributed by atoms with E-state index in [1.165, 1.54) is 7.11 Å². The minimum atomic E-state index is -1.35. The van der Waals surface area contributed by atoms with Crippen molar-refractivity contribution < 1.29 is 23.9 Å². The molecule has 1 atom stereocenters. The molecular weight excluding hydrogens is 228 g/mol. The summed E-state index contributed by atoms with van der Waals surface area (Å²) in [5.41, 5.74) is 7.94. The lowest BCUT2D eigenvalue weighted by Gasteiger charge is -2.11. The van der Waals surface area contributed by atoms with E-state index >= 15 is 0 Å². The van der Waals surface area contributed by atoms with E-state index in [1.54, 1.807) is 0 Å². The Morgan fingerprint density at radius 1 is 1.35 bits per heavy atom. The normalized spacial score (nSPS) is 12.3. The number of ether oxygens (including phenoxy) is 2. The first-order valence-electron chi connectivity index (χ1n) is 5.38. The van der Waals surface area contributed by atoms with Crippen molar-refractivity contribution in [2.45, 2.75) is 39.0 Å². The van der Waals surface area contributed by atoms with Crippen molar-refractivity contribution in [3.05, 3.63) is 0 Å². The predicted molar refractivity (Wildman–Crippen MR) is 59.5 cm³/mol. The fraction of sp³-hybridized carbons (Fsp3) is 0.800. The number of carbonyl (C=O) groups excluding carboxylic acids is 2. The maximum absolute atomic E-state index is 11.2. The van der Waals surface area contributed by atoms with Crippen LogP contribution in [-0.4, -0.2) is 37.9 Å². The Balaban J connectivity index is 3.56. The van der Waals surface area contributed by atoms with Gasteiger partial charge in [0.15, 0.2) is 0 Å². The summed E-state index contributed by atoms with van der Waals surface area (Å²) in [5.74, 6) is -1.33. The topological polar surface area (TPSA) is 99.9 Å². The molecule has 0 saturated heterocycles. The van der Waals surface area contributed by atoms with Crippen molar-refractivity contribution in [1.82, 2.24) is 5.48 Å². The molecule has 0 radical (unpaired) electrons. The minimum Gasteiger partial charge on any atom is -0.465 e. The third-order valence-electron chi connectivity index (χ3n) is 1.67. The van der Waals surface area contributed by atoms with Crippen molar-refractivity contribution in [1.29, 1.82) is 0 Å². The standard InChI is InChI=1S/C10H20N2O5/c1-7(2)17-12-6-4-5-8(13)16-9(11)10(14)15-3/h7,9,12H,4-6,11H2,1-3H3. The first-order valence-corrected chi connectivity index (χ1v) is 5.38. The highest BCUT2D eigenvalue weighted by atomic mass is 16.7. The van der Waals surface area contributed by atoms with E-state index in [2.05, 4.69) is 15.0 Å². The van der Waals surface area contributed by atoms with Crippen molar-refractivity contribution in [2.75, 3.05) is 13.7 Å². The second-order valence-electron chi connectivity index (χ2n) is 3.60. The summed E-state index contributed by atoms with van der Waals surface area (Å²) < 4.78 is 8.94. The van der Waals surface area contributed by atoms with E-state index in [0.717, 1.165) is 0 Å². The average molecular weight is 248 g/mol. The number of carbonyl (C=O) groups is 2. The van der Waals surface area contributed by atoms with Gasteiger partial charge in [0.25, 0.3) is 0 Å². The molecule has 0 aliphatic carbocycles. The van der Waals surface area contributed by atoms with Crippen LogP contribution in [0.4, 0.5) is 0 Å². The Hall–Kier alpha value is -1.18. The van der Waals surface area contributed by atoms with Crippen LogP contribution in [0.2, 0.25) is 0 Å². The van der Waals surface area contributed by atoms with Crippen LogP contribution in [0.15, 0.2) is 0 Å². The summed E-state index contributed by atoms with van der Waals surface area (Å²) >= 11 is 0. The van der Waals surface area contributed by atoms with Gasteiger partial charge in [0.2, 0.25) is 6.23 Å². The van der Waals surface area contributed by atoms with E-state index < -0.39 is 18.2 Å². The Kier molecular flexibility index (Phi) is 8.29. The maximum atomic E-state index is 11.2. The molecule has 0 bridgehead atoms. The second-order valence-corrected chi connectivity index (χ2v) is 3.60. The number of hydrogen-bond donors (Lipinski definition) is 2. The summed E-state index contributed by atoms with van der Waals surface area (Å²) in [6.45, 7) is 4.29. The number of esters is 2. The molecule has 0 amide bonds. The van der Waals surface area contributed by atoms with E-state index in [1.807, 2.05) is 13.8 Å². The Labute approximate surface area is 101 Å². The predicted octanol–water partition coefficient (Wildman–Crippen LogP) is -0.303. The smallest absolute Gasteiger partial charge is 0.362 e. The average Bonchev–Trinajstić information content (AvgIpc) is 2.26. The first kappa shape index (κ1) is 15.8. The lowest BCUT2D eigenvalue weighted by atomic mass is 10.3. The van der Waals surface area contributed by atoms with Gasteiger partial charge in [-0.15, -0.1) is 0 Å². The van der Waals surface area contributed by atoms with Crippen molar-refractivity contribution in [3.8, 4) is 0 Å². The van der Waals surface area contributed by atoms with Crippen LogP contribution >= 0.6 is 0 Å². The molecule has 1 unspecified atom stereocenters. The highest BCUT2D eigenvalue weighted by Gasteiger charge is 2.18. The number of rotatable bonds is 8. The van der Waals surface area contributed by atoms with Gasteiger partial charge >= 0.3 is 11.9 Å². The highest BCUT2D eigenvalue weighted by Crippen LogP contribution is 1.96. The molecule has 0 heterocycles. The molecule has 100 valence electrons. The van der Waals surface area contributed by atoms with Gasteiger partial charge in [-0.25, -0.2) is 10.3 Å². The molecule has 0 aliphatic rings. The largest absolute Gasteiger partial charge is 0.465 e. The molecule has 7 nitrogen and oxygen atoms in total. The van der Waals surface area contributed by atoms with Crippen LogP contribution < -0.4 is 11.2 Å². The second kappa shape index (κ2) is 8.91. The van der Waals surface area contributed by atoms with Crippen LogP contribution in [0.5, 0.6) is 0 Å². The number of hydroxylamine groups is 1. The van der Waals surface area contributed by atoms with Gasteiger partial charge in [-0.05, 0) is 20.3 Å². The highest BCUT2D eigenvalue weighted by molar-refractivity contribution is 5.78. The van der Waals surface area contributed by atoms with E-state index in [4.69, 9.17) is 10.6 Å². The SMILES string of the molecule is COC(=O)C(N)OC(=O)CCCNOC(C)C. The number of nitrogens with two attached hydrogens (primary N) is 1. The Morgan fingerprint density at radius 3 is 2.53 bits per heavy atom. The van der Waals surface area contributed by atoms with Crippen molar-refractivity contribution in [3.63, 3.8) is 0 Å². The molecule has 0 spiro atoms. The summed E-state index contributed by atoms with van der Waals surface area (Å²) in [6, 6.07) is 0. The van der Waals surface area contributed by atoms with Gasteiger partial charge in [-0.1, -0.05) is 0 Å². The molecule has 0 aromatic heterocycles. The minimum absolute atomic E-state index is 0.0784. The third kappa shape index (κ3) is 8.61. The Bertz CT molecular complexity index is 245. The quantitative estimate of drug-likeness (QED) is 0.263. The maximum Gasteiger partial charge on any atom is 0.362 e. The molecule has 0 rings (SSSR count). The van der Waals surface area contributed by atoms with Gasteiger partial charge in [0, 0.05) is 13.0 Å². The molecule has 0 saturated carbocycles. The lowest BCUT2D eigenvalue weighted by Crippen LogP contribution is -2.36. The zero-order valence-electron chi connectivity index (χ0n) is 10.4. The van der Waals surface area contributed by atoms with E-state index in [9.17, 15) is 9.59 Å². The van der Waals surface area contributed by atoms with Gasteiger partial charge in [0.05, 0.1) is 13.2 Å². The molecule has 0 fully saturated rings. The molecular formula is C10H20N2O5. The Morgan fingerprint density at radius 2 is 2.00 bits per heavy atom. The van der Waals surface area contributed by atoms with Crippen LogP contribution in [0, 0.1) is 0 Å². The number of hydrogen-bond acceptors (Lipinski definition) is 7. The van der Waals surface area contributed by atoms with Crippen LogP contribution in [0.1, 0.15) is 26.7 Å². The van der Waals surface area contributed by atoms with Gasteiger partial charge in [-0.2, -0.15) is 0 Å². The molecule has 0 aliphatic heterocycles. The molecule has 0 aromatic carbocycles. The zero-order valence-corrected chi connectivity index (χ0v) is 10.4. The van der Waals surface area contributed by atoms with Crippen molar-refractivity contribution in [2.24, 2.45) is 5.73 Å². The summed E-state index contributed by atoms with van der Waals surface area (Å²) in [7, 11) is 1.17. The van der Waals surface area contributed by atoms with E-state index in [0.29, 0.717) is 13.0 Å². The molecule has 17 heavy (non-hydrogen) atoms. The van der Waals surface area contributed by atoms with Crippen LogP contribution in [-0.2, 0) is 23.9 Å². The van der Waals surface area contributed by atoms with Crippen LogP contribution in [0.25, 0.3) is 0 Å². The fourth-order valence-corrected chi connectivity index (χ4v) is 0.895. The van der Waals surface area contributed by atoms with Crippen LogP contribution in [0.3, 0.4) is 0 Å². The fourth-order valence-electron chi connectivity index (χ4n) is 0.895. The summed E-state index contributed by atoms with van der Waals surface area (Å²) in [6.07, 6.45) is -0.597. The van der Waals surface area contributed by atoms with Crippen molar-refractivity contribution >= 4 is 11.9 Å².